The number of rotatable bonds is 8. The van der Waals surface area contributed by atoms with E-state index in [0.717, 1.165) is 10.0 Å². The van der Waals surface area contributed by atoms with E-state index in [-0.39, 0.29) is 22.7 Å². The lowest BCUT2D eigenvalue weighted by atomic mass is 10.1. The molecule has 2 aromatic rings. The maximum atomic E-state index is 12.3. The lowest BCUT2D eigenvalue weighted by molar-refractivity contribution is -0.384. The fourth-order valence-corrected chi connectivity index (χ4v) is 2.80. The molecule has 0 heterocycles. The van der Waals surface area contributed by atoms with Gasteiger partial charge in [0, 0.05) is 23.3 Å². The Kier molecular flexibility index (Phi) is 7.54. The number of amides is 1. The number of nitrogens with zero attached hydrogens (tertiary/aromatic N) is 2. The van der Waals surface area contributed by atoms with Crippen LogP contribution in [0.4, 0.5) is 11.4 Å². The van der Waals surface area contributed by atoms with Crippen LogP contribution in [0, 0.1) is 21.4 Å². The quantitative estimate of drug-likeness (QED) is 0.211. The molecule has 9 heteroatoms. The van der Waals surface area contributed by atoms with Crippen LogP contribution in [0.3, 0.4) is 0 Å². The van der Waals surface area contributed by atoms with Gasteiger partial charge in [0.15, 0.2) is 0 Å². The molecule has 0 saturated carbocycles. The van der Waals surface area contributed by atoms with E-state index in [4.69, 9.17) is 4.74 Å². The molecule has 0 aliphatic carbocycles. The molecule has 0 unspecified atom stereocenters. The van der Waals surface area contributed by atoms with E-state index >= 15 is 0 Å². The van der Waals surface area contributed by atoms with E-state index in [2.05, 4.69) is 26.6 Å². The fourth-order valence-electron chi connectivity index (χ4n) is 2.32. The van der Waals surface area contributed by atoms with Gasteiger partial charge >= 0.3 is 0 Å². The van der Waals surface area contributed by atoms with Crippen molar-refractivity contribution >= 4 is 33.2 Å². The SMILES string of the molecule is COc1cc([N+](=O)[O-])ccc1NC(=O)/C(C#N)=C\NCCc1ccccc1Br. The number of nitro benzene ring substituents is 1. The average Bonchev–Trinajstić information content (AvgIpc) is 2.69. The van der Waals surface area contributed by atoms with Gasteiger partial charge < -0.3 is 15.4 Å². The average molecular weight is 445 g/mol. The number of methoxy groups -OCH3 is 1. The normalized spacial score (nSPS) is 10.7. The van der Waals surface area contributed by atoms with Gasteiger partial charge in [-0.25, -0.2) is 0 Å². The highest BCUT2D eigenvalue weighted by atomic mass is 79.9. The van der Waals surface area contributed by atoms with Crippen LogP contribution in [0.5, 0.6) is 5.75 Å². The molecule has 0 radical (unpaired) electrons. The second-order valence-corrected chi connectivity index (χ2v) is 6.42. The summed E-state index contributed by atoms with van der Waals surface area (Å²) in [5.41, 5.74) is 1.03. The summed E-state index contributed by atoms with van der Waals surface area (Å²) < 4.78 is 6.06. The van der Waals surface area contributed by atoms with E-state index in [9.17, 15) is 20.2 Å². The first-order valence-electron chi connectivity index (χ1n) is 8.17. The third-order valence-corrected chi connectivity index (χ3v) is 4.53. The Bertz CT molecular complexity index is 953. The number of hydrogen-bond donors (Lipinski definition) is 2. The van der Waals surface area contributed by atoms with Crippen molar-refractivity contribution in [3.63, 3.8) is 0 Å². The van der Waals surface area contributed by atoms with Crippen LogP contribution in [0.1, 0.15) is 5.56 Å². The van der Waals surface area contributed by atoms with E-state index in [1.54, 1.807) is 0 Å². The molecule has 0 fully saturated rings. The van der Waals surface area contributed by atoms with Gasteiger partial charge in [-0.05, 0) is 24.1 Å². The first-order chi connectivity index (χ1) is 13.5. The number of nitrogens with one attached hydrogen (secondary N) is 2. The largest absolute Gasteiger partial charge is 0.494 e. The minimum absolute atomic E-state index is 0.127. The Morgan fingerprint density at radius 1 is 1.36 bits per heavy atom. The molecule has 0 aliphatic heterocycles. The molecule has 28 heavy (non-hydrogen) atoms. The highest BCUT2D eigenvalue weighted by molar-refractivity contribution is 9.10. The van der Waals surface area contributed by atoms with Crippen molar-refractivity contribution in [3.8, 4) is 11.8 Å². The van der Waals surface area contributed by atoms with Gasteiger partial charge in [0.25, 0.3) is 11.6 Å². The third-order valence-electron chi connectivity index (χ3n) is 3.75. The van der Waals surface area contributed by atoms with Crippen LogP contribution in [-0.4, -0.2) is 24.5 Å². The second-order valence-electron chi connectivity index (χ2n) is 5.56. The highest BCUT2D eigenvalue weighted by Crippen LogP contribution is 2.29. The minimum atomic E-state index is -0.650. The van der Waals surface area contributed by atoms with E-state index in [0.29, 0.717) is 13.0 Å². The maximum Gasteiger partial charge on any atom is 0.273 e. The summed E-state index contributed by atoms with van der Waals surface area (Å²) >= 11 is 3.47. The second kappa shape index (κ2) is 10.1. The number of nitriles is 1. The molecule has 0 bridgehead atoms. The maximum absolute atomic E-state index is 12.3. The summed E-state index contributed by atoms with van der Waals surface area (Å²) in [5.74, 6) is -0.523. The van der Waals surface area contributed by atoms with E-state index in [1.165, 1.54) is 31.5 Å². The van der Waals surface area contributed by atoms with Gasteiger partial charge in [0.1, 0.15) is 17.4 Å². The molecule has 0 aromatic heterocycles. The van der Waals surface area contributed by atoms with E-state index < -0.39 is 10.8 Å². The van der Waals surface area contributed by atoms with Crippen LogP contribution < -0.4 is 15.4 Å². The smallest absolute Gasteiger partial charge is 0.273 e. The molecule has 144 valence electrons. The summed E-state index contributed by atoms with van der Waals surface area (Å²) in [7, 11) is 1.33. The molecular weight excluding hydrogens is 428 g/mol. The lowest BCUT2D eigenvalue weighted by Crippen LogP contribution is -2.18. The number of carbonyl (C=O) groups excluding carboxylic acids is 1. The monoisotopic (exact) mass is 444 g/mol. The molecule has 2 rings (SSSR count). The molecule has 0 saturated heterocycles. The summed E-state index contributed by atoms with van der Waals surface area (Å²) in [6, 6.07) is 13.4. The number of ether oxygens (including phenoxy) is 1. The van der Waals surface area contributed by atoms with Crippen LogP contribution in [-0.2, 0) is 11.2 Å². The number of hydrogen-bond acceptors (Lipinski definition) is 6. The Balaban J connectivity index is 2.01. The molecular formula is C19H17BrN4O4. The van der Waals surface area contributed by atoms with Crippen molar-refractivity contribution in [3.05, 3.63) is 74.4 Å². The Morgan fingerprint density at radius 3 is 2.75 bits per heavy atom. The Hall–Kier alpha value is -3.38. The molecule has 2 N–H and O–H groups in total. The minimum Gasteiger partial charge on any atom is -0.494 e. The van der Waals surface area contributed by atoms with Crippen LogP contribution in [0.15, 0.2) is 58.7 Å². The number of anilines is 1. The first kappa shape index (κ1) is 20.9. The predicted molar refractivity (Wildman–Crippen MR) is 108 cm³/mol. The lowest BCUT2D eigenvalue weighted by Gasteiger charge is -2.10. The van der Waals surface area contributed by atoms with Crippen molar-refractivity contribution < 1.29 is 14.5 Å². The highest BCUT2D eigenvalue weighted by Gasteiger charge is 2.15. The summed E-state index contributed by atoms with van der Waals surface area (Å²) in [6.07, 6.45) is 2.04. The topological polar surface area (TPSA) is 117 Å². The zero-order valence-corrected chi connectivity index (χ0v) is 16.5. The van der Waals surface area contributed by atoms with Gasteiger partial charge in [0.05, 0.1) is 23.8 Å². The van der Waals surface area contributed by atoms with E-state index in [1.807, 2.05) is 30.3 Å². The fraction of sp³-hybridized carbons (Fsp3) is 0.158. The van der Waals surface area contributed by atoms with Gasteiger partial charge in [0.2, 0.25) is 0 Å². The third kappa shape index (κ3) is 5.56. The summed E-state index contributed by atoms with van der Waals surface area (Å²) in [5, 5.41) is 25.5. The summed E-state index contributed by atoms with van der Waals surface area (Å²) in [4.78, 5) is 22.6. The number of halogens is 1. The summed E-state index contributed by atoms with van der Waals surface area (Å²) in [6.45, 7) is 0.530. The standard InChI is InChI=1S/C19H17BrN4O4/c1-28-18-10-15(24(26)27)6-7-17(18)23-19(25)14(11-21)12-22-9-8-13-4-2-3-5-16(13)20/h2-7,10,12,22H,8-9H2,1H3,(H,23,25)/b14-12-. The number of benzene rings is 2. The predicted octanol–water partition coefficient (Wildman–Crippen LogP) is 3.54. The number of carbonyl (C=O) groups is 1. The van der Waals surface area contributed by atoms with Crippen molar-refractivity contribution in [1.82, 2.24) is 5.32 Å². The van der Waals surface area contributed by atoms with Crippen LogP contribution >= 0.6 is 15.9 Å². The Labute approximate surface area is 170 Å². The molecule has 0 aliphatic rings. The number of non-ortho nitro benzene ring substituents is 1. The van der Waals surface area contributed by atoms with Crippen molar-refractivity contribution in [2.24, 2.45) is 0 Å². The van der Waals surface area contributed by atoms with Crippen LogP contribution in [0.25, 0.3) is 0 Å². The number of nitro groups is 1. The molecule has 2 aromatic carbocycles. The van der Waals surface area contributed by atoms with Gasteiger partial charge in [-0.2, -0.15) is 5.26 Å². The molecule has 1 amide bonds. The van der Waals surface area contributed by atoms with Crippen LogP contribution in [0.2, 0.25) is 0 Å². The van der Waals surface area contributed by atoms with Crippen molar-refractivity contribution in [2.75, 3.05) is 19.0 Å². The first-order valence-corrected chi connectivity index (χ1v) is 8.96. The molecule has 0 atom stereocenters. The zero-order chi connectivity index (χ0) is 20.5. The van der Waals surface area contributed by atoms with Crippen molar-refractivity contribution in [1.29, 1.82) is 5.26 Å². The zero-order valence-electron chi connectivity index (χ0n) is 14.9. The Morgan fingerprint density at radius 2 is 2.11 bits per heavy atom. The van der Waals surface area contributed by atoms with Gasteiger partial charge in [-0.1, -0.05) is 34.1 Å². The molecule has 0 spiro atoms. The van der Waals surface area contributed by atoms with Crippen molar-refractivity contribution in [2.45, 2.75) is 6.42 Å². The van der Waals surface area contributed by atoms with Gasteiger partial charge in [-0.3, -0.25) is 14.9 Å². The van der Waals surface area contributed by atoms with Gasteiger partial charge in [-0.15, -0.1) is 0 Å². The molecule has 8 nitrogen and oxygen atoms in total.